The van der Waals surface area contributed by atoms with E-state index in [1.54, 1.807) is 0 Å². The van der Waals surface area contributed by atoms with Crippen molar-refractivity contribution in [1.82, 2.24) is 5.32 Å². The van der Waals surface area contributed by atoms with Crippen LogP contribution in [0, 0.1) is 11.3 Å². The van der Waals surface area contributed by atoms with Crippen LogP contribution < -0.4 is 5.32 Å². The second-order valence-corrected chi connectivity index (χ2v) is 3.04. The Balaban J connectivity index is 2.98. The summed E-state index contributed by atoms with van der Waals surface area (Å²) < 4.78 is 0. The van der Waals surface area contributed by atoms with Crippen molar-refractivity contribution in [1.29, 1.82) is 5.26 Å². The van der Waals surface area contributed by atoms with Crippen molar-refractivity contribution in [2.45, 2.75) is 19.4 Å². The van der Waals surface area contributed by atoms with Gasteiger partial charge in [-0.05, 0) is 25.1 Å². The Morgan fingerprint density at radius 3 is 2.77 bits per heavy atom. The molecule has 1 atom stereocenters. The number of nitrogens with zero attached hydrogens (tertiary/aromatic N) is 1. The SMILES string of the molecule is CNC(C)c1ccccc1CC#N. The lowest BCUT2D eigenvalue weighted by atomic mass is 10.00. The van der Waals surface area contributed by atoms with Crippen molar-refractivity contribution < 1.29 is 0 Å². The summed E-state index contributed by atoms with van der Waals surface area (Å²) in [5.41, 5.74) is 2.33. The molecule has 0 aliphatic carbocycles. The van der Waals surface area contributed by atoms with Crippen LogP contribution in [-0.4, -0.2) is 7.05 Å². The molecule has 0 radical (unpaired) electrons. The zero-order valence-electron chi connectivity index (χ0n) is 8.04. The molecule has 2 heteroatoms. The average molecular weight is 174 g/mol. The largest absolute Gasteiger partial charge is 0.313 e. The van der Waals surface area contributed by atoms with E-state index < -0.39 is 0 Å². The van der Waals surface area contributed by atoms with E-state index >= 15 is 0 Å². The zero-order valence-corrected chi connectivity index (χ0v) is 8.04. The van der Waals surface area contributed by atoms with Crippen LogP contribution in [-0.2, 0) is 6.42 Å². The minimum absolute atomic E-state index is 0.310. The first-order valence-electron chi connectivity index (χ1n) is 4.41. The molecule has 68 valence electrons. The Morgan fingerprint density at radius 1 is 1.46 bits per heavy atom. The van der Waals surface area contributed by atoms with Gasteiger partial charge in [0.1, 0.15) is 0 Å². The lowest BCUT2D eigenvalue weighted by Crippen LogP contribution is -2.14. The molecular weight excluding hydrogens is 160 g/mol. The minimum Gasteiger partial charge on any atom is -0.313 e. The summed E-state index contributed by atoms with van der Waals surface area (Å²) in [5, 5.41) is 11.8. The van der Waals surface area contributed by atoms with E-state index in [2.05, 4.69) is 24.4 Å². The van der Waals surface area contributed by atoms with Gasteiger partial charge in [0.15, 0.2) is 0 Å². The number of hydrogen-bond acceptors (Lipinski definition) is 2. The van der Waals surface area contributed by atoms with Crippen LogP contribution in [0.5, 0.6) is 0 Å². The topological polar surface area (TPSA) is 35.8 Å². The highest BCUT2D eigenvalue weighted by Crippen LogP contribution is 2.17. The molecule has 1 unspecified atom stereocenters. The van der Waals surface area contributed by atoms with Gasteiger partial charge >= 0.3 is 0 Å². The van der Waals surface area contributed by atoms with E-state index in [1.807, 2.05) is 25.2 Å². The van der Waals surface area contributed by atoms with Crippen molar-refractivity contribution >= 4 is 0 Å². The molecule has 0 aliphatic rings. The molecule has 13 heavy (non-hydrogen) atoms. The number of benzene rings is 1. The van der Waals surface area contributed by atoms with E-state index in [0.717, 1.165) is 5.56 Å². The summed E-state index contributed by atoms with van der Waals surface area (Å²) in [6.45, 7) is 2.09. The van der Waals surface area contributed by atoms with Gasteiger partial charge in [0.2, 0.25) is 0 Å². The lowest BCUT2D eigenvalue weighted by Gasteiger charge is -2.13. The van der Waals surface area contributed by atoms with Crippen LogP contribution in [0.3, 0.4) is 0 Å². The predicted molar refractivity (Wildman–Crippen MR) is 53.2 cm³/mol. The molecule has 0 saturated carbocycles. The summed E-state index contributed by atoms with van der Waals surface area (Å²) in [6, 6.07) is 10.5. The fraction of sp³-hybridized carbons (Fsp3) is 0.364. The maximum Gasteiger partial charge on any atom is 0.0669 e. The Labute approximate surface area is 79.2 Å². The molecule has 2 nitrogen and oxygen atoms in total. The molecule has 1 aromatic carbocycles. The Morgan fingerprint density at radius 2 is 2.15 bits per heavy atom. The normalized spacial score (nSPS) is 12.1. The zero-order chi connectivity index (χ0) is 9.68. The van der Waals surface area contributed by atoms with Gasteiger partial charge in [0.25, 0.3) is 0 Å². The minimum atomic E-state index is 0.310. The highest BCUT2D eigenvalue weighted by Gasteiger charge is 2.06. The fourth-order valence-corrected chi connectivity index (χ4v) is 1.36. The summed E-state index contributed by atoms with van der Waals surface area (Å²) >= 11 is 0. The van der Waals surface area contributed by atoms with E-state index in [9.17, 15) is 0 Å². The third-order valence-electron chi connectivity index (χ3n) is 2.22. The van der Waals surface area contributed by atoms with E-state index in [0.29, 0.717) is 12.5 Å². The van der Waals surface area contributed by atoms with Gasteiger partial charge in [-0.3, -0.25) is 0 Å². The summed E-state index contributed by atoms with van der Waals surface area (Å²) in [6.07, 6.45) is 0.488. The quantitative estimate of drug-likeness (QED) is 0.761. The summed E-state index contributed by atoms with van der Waals surface area (Å²) in [5.74, 6) is 0. The highest BCUT2D eigenvalue weighted by atomic mass is 14.9. The number of rotatable bonds is 3. The van der Waals surface area contributed by atoms with Crippen LogP contribution in [0.2, 0.25) is 0 Å². The first-order chi connectivity index (χ1) is 6.29. The monoisotopic (exact) mass is 174 g/mol. The summed E-state index contributed by atoms with van der Waals surface area (Å²) in [7, 11) is 1.92. The first-order valence-corrected chi connectivity index (χ1v) is 4.41. The lowest BCUT2D eigenvalue weighted by molar-refractivity contribution is 0.647. The fourth-order valence-electron chi connectivity index (χ4n) is 1.36. The number of nitrogens with one attached hydrogen (secondary N) is 1. The third-order valence-corrected chi connectivity index (χ3v) is 2.22. The van der Waals surface area contributed by atoms with Crippen LogP contribution in [0.15, 0.2) is 24.3 Å². The van der Waals surface area contributed by atoms with Crippen molar-refractivity contribution in [3.63, 3.8) is 0 Å². The molecular formula is C11H14N2. The van der Waals surface area contributed by atoms with Crippen molar-refractivity contribution in [2.75, 3.05) is 7.05 Å². The van der Waals surface area contributed by atoms with Crippen LogP contribution in [0.4, 0.5) is 0 Å². The van der Waals surface area contributed by atoms with Gasteiger partial charge in [-0.15, -0.1) is 0 Å². The molecule has 1 rings (SSSR count). The van der Waals surface area contributed by atoms with Crippen molar-refractivity contribution in [3.8, 4) is 6.07 Å². The van der Waals surface area contributed by atoms with Crippen molar-refractivity contribution in [2.24, 2.45) is 0 Å². The molecule has 0 saturated heterocycles. The molecule has 0 spiro atoms. The standard InChI is InChI=1S/C11H14N2/c1-9(13-2)11-6-4-3-5-10(11)7-8-12/h3-6,9,13H,7H2,1-2H3. The maximum atomic E-state index is 8.63. The number of nitriles is 1. The molecule has 1 N–H and O–H groups in total. The molecule has 0 aromatic heterocycles. The van der Waals surface area contributed by atoms with Gasteiger partial charge in [0, 0.05) is 6.04 Å². The maximum absolute atomic E-state index is 8.63. The Hall–Kier alpha value is -1.33. The summed E-state index contributed by atoms with van der Waals surface area (Å²) in [4.78, 5) is 0. The van der Waals surface area contributed by atoms with Crippen molar-refractivity contribution in [3.05, 3.63) is 35.4 Å². The Kier molecular flexibility index (Phi) is 3.48. The first kappa shape index (κ1) is 9.76. The molecule has 0 aliphatic heterocycles. The van der Waals surface area contributed by atoms with Gasteiger partial charge in [0.05, 0.1) is 12.5 Å². The van der Waals surface area contributed by atoms with Crippen LogP contribution in [0.1, 0.15) is 24.1 Å². The van der Waals surface area contributed by atoms with Crippen LogP contribution >= 0.6 is 0 Å². The average Bonchev–Trinajstić information content (AvgIpc) is 2.18. The highest BCUT2D eigenvalue weighted by molar-refractivity contribution is 5.31. The van der Waals surface area contributed by atoms with E-state index in [-0.39, 0.29) is 0 Å². The number of hydrogen-bond donors (Lipinski definition) is 1. The second kappa shape index (κ2) is 4.64. The van der Waals surface area contributed by atoms with Gasteiger partial charge in [-0.25, -0.2) is 0 Å². The third kappa shape index (κ3) is 2.30. The van der Waals surface area contributed by atoms with E-state index in [4.69, 9.17) is 5.26 Å². The van der Waals surface area contributed by atoms with E-state index in [1.165, 1.54) is 5.56 Å². The van der Waals surface area contributed by atoms with Gasteiger partial charge in [-0.1, -0.05) is 24.3 Å². The smallest absolute Gasteiger partial charge is 0.0669 e. The van der Waals surface area contributed by atoms with Crippen LogP contribution in [0.25, 0.3) is 0 Å². The molecule has 0 bridgehead atoms. The second-order valence-electron chi connectivity index (χ2n) is 3.04. The Bertz CT molecular complexity index is 312. The molecule has 0 heterocycles. The molecule has 1 aromatic rings. The molecule has 0 amide bonds. The van der Waals surface area contributed by atoms with Gasteiger partial charge < -0.3 is 5.32 Å². The van der Waals surface area contributed by atoms with Gasteiger partial charge in [-0.2, -0.15) is 5.26 Å². The molecule has 0 fully saturated rings. The predicted octanol–water partition coefficient (Wildman–Crippen LogP) is 2.03.